The smallest absolute Gasteiger partial charge is 0.233 e. The Morgan fingerprint density at radius 2 is 2.40 bits per heavy atom. The molecule has 7 heteroatoms. The molecule has 0 aliphatic carbocycles. The van der Waals surface area contributed by atoms with Crippen LogP contribution in [0.5, 0.6) is 0 Å². The van der Waals surface area contributed by atoms with E-state index in [4.69, 9.17) is 11.6 Å². The van der Waals surface area contributed by atoms with E-state index in [1.165, 1.54) is 6.33 Å². The molecule has 0 aliphatic rings. The van der Waals surface area contributed by atoms with Crippen molar-refractivity contribution in [1.29, 1.82) is 0 Å². The maximum Gasteiger partial charge on any atom is 0.233 e. The van der Waals surface area contributed by atoms with Gasteiger partial charge in [0.2, 0.25) is 11.9 Å². The lowest BCUT2D eigenvalue weighted by Gasteiger charge is -2.01. The number of amides is 1. The molecule has 0 fully saturated rings. The monoisotopic (exact) mass is 225 g/mol. The summed E-state index contributed by atoms with van der Waals surface area (Å²) < 4.78 is 0. The van der Waals surface area contributed by atoms with Crippen LogP contribution in [0.15, 0.2) is 6.33 Å². The largest absolute Gasteiger partial charge is 0.341 e. The SMILES string of the molecule is CCC(=O)Nc1nc(Cl)c2[nH]cnc2n1. The van der Waals surface area contributed by atoms with Crippen LogP contribution in [0.2, 0.25) is 5.15 Å². The van der Waals surface area contributed by atoms with Crippen molar-refractivity contribution in [2.45, 2.75) is 13.3 Å². The minimum absolute atomic E-state index is 0.166. The highest BCUT2D eigenvalue weighted by atomic mass is 35.5. The van der Waals surface area contributed by atoms with Gasteiger partial charge in [-0.05, 0) is 0 Å². The zero-order valence-corrected chi connectivity index (χ0v) is 8.67. The second-order valence-corrected chi connectivity index (χ2v) is 3.20. The molecule has 2 aromatic heterocycles. The molecule has 15 heavy (non-hydrogen) atoms. The van der Waals surface area contributed by atoms with Crippen molar-refractivity contribution in [1.82, 2.24) is 19.9 Å². The number of halogens is 1. The summed E-state index contributed by atoms with van der Waals surface area (Å²) in [6, 6.07) is 0. The van der Waals surface area contributed by atoms with Gasteiger partial charge in [-0.25, -0.2) is 4.98 Å². The van der Waals surface area contributed by atoms with Crippen LogP contribution >= 0.6 is 11.6 Å². The number of nitrogens with zero attached hydrogens (tertiary/aromatic N) is 3. The zero-order valence-electron chi connectivity index (χ0n) is 7.91. The molecule has 0 aromatic carbocycles. The van der Waals surface area contributed by atoms with Gasteiger partial charge < -0.3 is 4.98 Å². The fourth-order valence-corrected chi connectivity index (χ4v) is 1.29. The van der Waals surface area contributed by atoms with E-state index < -0.39 is 0 Å². The van der Waals surface area contributed by atoms with Crippen LogP contribution in [0.1, 0.15) is 13.3 Å². The highest BCUT2D eigenvalue weighted by Crippen LogP contribution is 2.18. The van der Waals surface area contributed by atoms with E-state index >= 15 is 0 Å². The number of carbonyl (C=O) groups excluding carboxylic acids is 1. The van der Waals surface area contributed by atoms with Crippen LogP contribution in [-0.2, 0) is 4.79 Å². The van der Waals surface area contributed by atoms with Gasteiger partial charge in [-0.2, -0.15) is 9.97 Å². The number of H-pyrrole nitrogens is 1. The second kappa shape index (κ2) is 3.82. The van der Waals surface area contributed by atoms with Crippen LogP contribution in [0.3, 0.4) is 0 Å². The van der Waals surface area contributed by atoms with Crippen LogP contribution in [-0.4, -0.2) is 25.8 Å². The Bertz CT molecular complexity index is 509. The molecule has 0 saturated carbocycles. The number of hydrogen-bond donors (Lipinski definition) is 2. The Hall–Kier alpha value is -1.69. The molecular formula is C8H8ClN5O. The molecule has 2 N–H and O–H groups in total. The van der Waals surface area contributed by atoms with Crippen molar-refractivity contribution in [3.63, 3.8) is 0 Å². The molecule has 0 spiro atoms. The maximum atomic E-state index is 11.1. The maximum absolute atomic E-state index is 11.1. The molecule has 0 saturated heterocycles. The third kappa shape index (κ3) is 1.89. The third-order valence-electron chi connectivity index (χ3n) is 1.81. The highest BCUT2D eigenvalue weighted by molar-refractivity contribution is 6.33. The Morgan fingerprint density at radius 1 is 1.60 bits per heavy atom. The fourth-order valence-electron chi connectivity index (χ4n) is 1.07. The van der Waals surface area contributed by atoms with Crippen molar-refractivity contribution in [3.05, 3.63) is 11.5 Å². The summed E-state index contributed by atoms with van der Waals surface area (Å²) in [5, 5.41) is 2.75. The summed E-state index contributed by atoms with van der Waals surface area (Å²) in [7, 11) is 0. The molecule has 2 rings (SSSR count). The summed E-state index contributed by atoms with van der Waals surface area (Å²) in [5.41, 5.74) is 0.993. The molecule has 0 aliphatic heterocycles. The summed E-state index contributed by atoms with van der Waals surface area (Å²) in [6.45, 7) is 1.74. The minimum Gasteiger partial charge on any atom is -0.341 e. The number of hydrogen-bond acceptors (Lipinski definition) is 4. The number of carbonyl (C=O) groups is 1. The van der Waals surface area contributed by atoms with Crippen LogP contribution < -0.4 is 5.32 Å². The first-order valence-corrected chi connectivity index (χ1v) is 4.75. The van der Waals surface area contributed by atoms with Crippen molar-refractivity contribution >= 4 is 34.6 Å². The van der Waals surface area contributed by atoms with Crippen LogP contribution in [0, 0.1) is 0 Å². The Kier molecular flexibility index (Phi) is 2.51. The summed E-state index contributed by atoms with van der Waals surface area (Å²) >= 11 is 5.86. The Morgan fingerprint density at radius 3 is 3.13 bits per heavy atom. The van der Waals surface area contributed by atoms with E-state index in [-0.39, 0.29) is 17.0 Å². The van der Waals surface area contributed by atoms with Gasteiger partial charge in [0, 0.05) is 6.42 Å². The van der Waals surface area contributed by atoms with Gasteiger partial charge in [-0.1, -0.05) is 18.5 Å². The fraction of sp³-hybridized carbons (Fsp3) is 0.250. The lowest BCUT2D eigenvalue weighted by molar-refractivity contribution is -0.115. The molecule has 1 amide bonds. The summed E-state index contributed by atoms with van der Waals surface area (Å²) in [6.07, 6.45) is 1.83. The van der Waals surface area contributed by atoms with Crippen molar-refractivity contribution < 1.29 is 4.79 Å². The number of aromatic amines is 1. The standard InChI is InChI=1S/C8H8ClN5O/c1-2-4(15)12-8-13-6(9)5-7(14-8)11-3-10-5/h3H,2H2,1H3,(H2,10,11,12,13,14,15). The molecular weight excluding hydrogens is 218 g/mol. The van der Waals surface area contributed by atoms with E-state index in [0.29, 0.717) is 17.6 Å². The lowest BCUT2D eigenvalue weighted by atomic mass is 10.4. The predicted molar refractivity (Wildman–Crippen MR) is 55.6 cm³/mol. The average Bonchev–Trinajstić information content (AvgIpc) is 2.66. The number of rotatable bonds is 2. The van der Waals surface area contributed by atoms with E-state index in [2.05, 4.69) is 25.3 Å². The van der Waals surface area contributed by atoms with Gasteiger partial charge in [-0.15, -0.1) is 0 Å². The zero-order chi connectivity index (χ0) is 10.8. The van der Waals surface area contributed by atoms with Crippen LogP contribution in [0.4, 0.5) is 5.95 Å². The molecule has 2 heterocycles. The van der Waals surface area contributed by atoms with Gasteiger partial charge in [-0.3, -0.25) is 10.1 Å². The second-order valence-electron chi connectivity index (χ2n) is 2.84. The van der Waals surface area contributed by atoms with E-state index in [1.807, 2.05) is 0 Å². The van der Waals surface area contributed by atoms with Crippen molar-refractivity contribution in [2.75, 3.05) is 5.32 Å². The van der Waals surface area contributed by atoms with Gasteiger partial charge >= 0.3 is 0 Å². The van der Waals surface area contributed by atoms with Crippen molar-refractivity contribution in [3.8, 4) is 0 Å². The first-order valence-electron chi connectivity index (χ1n) is 4.37. The normalized spacial score (nSPS) is 10.5. The van der Waals surface area contributed by atoms with Crippen LogP contribution in [0.25, 0.3) is 11.2 Å². The van der Waals surface area contributed by atoms with Gasteiger partial charge in [0.05, 0.1) is 6.33 Å². The molecule has 0 atom stereocenters. The molecule has 0 radical (unpaired) electrons. The number of fused-ring (bicyclic) bond motifs is 1. The number of aromatic nitrogens is 4. The predicted octanol–water partition coefficient (Wildman–Crippen LogP) is 1.35. The van der Waals surface area contributed by atoms with Gasteiger partial charge in [0.1, 0.15) is 5.52 Å². The average molecular weight is 226 g/mol. The highest BCUT2D eigenvalue weighted by Gasteiger charge is 2.09. The Balaban J connectivity index is 2.40. The first-order chi connectivity index (χ1) is 7.20. The third-order valence-corrected chi connectivity index (χ3v) is 2.09. The van der Waals surface area contributed by atoms with E-state index in [1.54, 1.807) is 6.92 Å². The van der Waals surface area contributed by atoms with Gasteiger partial charge in [0.25, 0.3) is 0 Å². The molecule has 78 valence electrons. The molecule has 6 nitrogen and oxygen atoms in total. The quantitative estimate of drug-likeness (QED) is 0.756. The van der Waals surface area contributed by atoms with E-state index in [9.17, 15) is 4.79 Å². The molecule has 2 aromatic rings. The molecule has 0 unspecified atom stereocenters. The number of imidazole rings is 1. The van der Waals surface area contributed by atoms with E-state index in [0.717, 1.165) is 0 Å². The number of anilines is 1. The minimum atomic E-state index is -0.166. The summed E-state index contributed by atoms with van der Waals surface area (Å²) in [4.78, 5) is 25.8. The Labute approximate surface area is 90.1 Å². The topological polar surface area (TPSA) is 83.6 Å². The van der Waals surface area contributed by atoms with Crippen molar-refractivity contribution in [2.24, 2.45) is 0 Å². The number of nitrogens with one attached hydrogen (secondary N) is 2. The first kappa shape index (κ1) is 9.85. The molecule has 0 bridgehead atoms. The van der Waals surface area contributed by atoms with Gasteiger partial charge in [0.15, 0.2) is 10.8 Å². The summed E-state index contributed by atoms with van der Waals surface area (Å²) in [5.74, 6) is 0.00685. The lowest BCUT2D eigenvalue weighted by Crippen LogP contribution is -2.12.